The molecule has 1 unspecified atom stereocenters. The maximum atomic E-state index is 12.8. The van der Waals surface area contributed by atoms with Crippen LogP contribution in [0.5, 0.6) is 0 Å². The second kappa shape index (κ2) is 8.47. The van der Waals surface area contributed by atoms with Crippen LogP contribution in [0.2, 0.25) is 0 Å². The predicted molar refractivity (Wildman–Crippen MR) is 118 cm³/mol. The average Bonchev–Trinajstić information content (AvgIpc) is 3.27. The summed E-state index contributed by atoms with van der Waals surface area (Å²) in [7, 11) is 0. The van der Waals surface area contributed by atoms with Crippen LogP contribution in [0.3, 0.4) is 0 Å². The fourth-order valence-corrected chi connectivity index (χ4v) is 4.88. The topological polar surface area (TPSA) is 102 Å². The molecular formula is C23H27N7O. The lowest BCUT2D eigenvalue weighted by molar-refractivity contribution is -0.133. The first-order valence-electron chi connectivity index (χ1n) is 10.8. The fourth-order valence-electron chi connectivity index (χ4n) is 4.88. The molecule has 6 rings (SSSR count). The summed E-state index contributed by atoms with van der Waals surface area (Å²) in [6.07, 6.45) is 7.61. The molecule has 160 valence electrons. The van der Waals surface area contributed by atoms with Gasteiger partial charge in [0, 0.05) is 42.8 Å². The number of piperidine rings is 3. The Kier molecular flexibility index (Phi) is 5.38. The number of hydrogen-bond donors (Lipinski definition) is 2. The van der Waals surface area contributed by atoms with E-state index in [4.69, 9.17) is 5.73 Å². The molecule has 3 aromatic rings. The number of nitrogens with one attached hydrogen (secondary N) is 1. The van der Waals surface area contributed by atoms with Gasteiger partial charge in [0.2, 0.25) is 5.91 Å². The number of aromatic nitrogens is 4. The largest absolute Gasteiger partial charge is 0.399 e. The van der Waals surface area contributed by atoms with Gasteiger partial charge in [-0.1, -0.05) is 23.4 Å². The highest BCUT2D eigenvalue weighted by Crippen LogP contribution is 2.37. The molecule has 31 heavy (non-hydrogen) atoms. The van der Waals surface area contributed by atoms with E-state index in [1.165, 1.54) is 0 Å². The highest BCUT2D eigenvalue weighted by Gasteiger charge is 2.43. The normalized spacial score (nSPS) is 24.8. The average molecular weight is 418 g/mol. The van der Waals surface area contributed by atoms with Gasteiger partial charge in [-0.15, -0.1) is 5.10 Å². The second-order valence-corrected chi connectivity index (χ2v) is 8.57. The zero-order valence-electron chi connectivity index (χ0n) is 17.4. The van der Waals surface area contributed by atoms with Gasteiger partial charge in [0.25, 0.3) is 0 Å². The molecule has 3 aliphatic rings. The number of nitrogen functional groups attached to an aromatic ring is 1. The SMILES string of the molecule is Nc1cccc(-c2cn(C[C@H]3C[C@@H]4CCN3C[C@@H]4C(=O)NCc3cccnc3)nn2)c1. The minimum Gasteiger partial charge on any atom is -0.399 e. The van der Waals surface area contributed by atoms with Gasteiger partial charge in [0.15, 0.2) is 0 Å². The Bertz CT molecular complexity index is 1050. The zero-order valence-corrected chi connectivity index (χ0v) is 17.4. The van der Waals surface area contributed by atoms with Gasteiger partial charge >= 0.3 is 0 Å². The van der Waals surface area contributed by atoms with Crippen molar-refractivity contribution >= 4 is 11.6 Å². The standard InChI is InChI=1S/C23H27N7O/c24-19-5-1-4-18(9-19)22-15-30(28-27-22)13-20-10-17-6-8-29(20)14-21(17)23(31)26-12-16-3-2-7-25-11-16/h1-5,7,9,11,15,17,20-21H,6,8,10,12-14,24H2,(H,26,31)/t17-,20+,21-/m0/s1. The Morgan fingerprint density at radius 2 is 2.19 bits per heavy atom. The summed E-state index contributed by atoms with van der Waals surface area (Å²) in [6.45, 7) is 3.17. The maximum absolute atomic E-state index is 12.8. The van der Waals surface area contributed by atoms with Crippen molar-refractivity contribution in [3.63, 3.8) is 0 Å². The quantitative estimate of drug-likeness (QED) is 0.595. The van der Waals surface area contributed by atoms with Gasteiger partial charge in [0.1, 0.15) is 5.69 Å². The Hall–Kier alpha value is -3.26. The third-order valence-corrected chi connectivity index (χ3v) is 6.52. The van der Waals surface area contributed by atoms with Crippen molar-refractivity contribution < 1.29 is 4.79 Å². The number of fused-ring (bicyclic) bond motifs is 3. The number of carbonyl (C=O) groups excluding carboxylic acids is 1. The van der Waals surface area contributed by atoms with Crippen LogP contribution in [-0.2, 0) is 17.9 Å². The van der Waals surface area contributed by atoms with Crippen LogP contribution in [0, 0.1) is 11.8 Å². The van der Waals surface area contributed by atoms with E-state index in [1.54, 1.807) is 12.4 Å². The number of pyridine rings is 1. The maximum Gasteiger partial charge on any atom is 0.224 e. The number of hydrogen-bond acceptors (Lipinski definition) is 6. The Morgan fingerprint density at radius 3 is 2.97 bits per heavy atom. The Labute approximate surface area is 181 Å². The minimum atomic E-state index is 0.0558. The van der Waals surface area contributed by atoms with E-state index in [9.17, 15) is 4.79 Å². The molecule has 3 fully saturated rings. The lowest BCUT2D eigenvalue weighted by Gasteiger charge is -2.49. The summed E-state index contributed by atoms with van der Waals surface area (Å²) in [5.74, 6) is 0.628. The monoisotopic (exact) mass is 417 g/mol. The summed E-state index contributed by atoms with van der Waals surface area (Å²) < 4.78 is 1.92. The van der Waals surface area contributed by atoms with Crippen LogP contribution in [-0.4, -0.2) is 49.9 Å². The van der Waals surface area contributed by atoms with Crippen molar-refractivity contribution in [2.45, 2.75) is 32.0 Å². The van der Waals surface area contributed by atoms with Gasteiger partial charge in [-0.3, -0.25) is 19.4 Å². The van der Waals surface area contributed by atoms with E-state index in [0.29, 0.717) is 18.5 Å². The summed E-state index contributed by atoms with van der Waals surface area (Å²) in [5.41, 5.74) is 9.43. The van der Waals surface area contributed by atoms with Crippen LogP contribution < -0.4 is 11.1 Å². The molecule has 8 heteroatoms. The number of anilines is 1. The number of nitrogens with two attached hydrogens (primary N) is 1. The molecule has 0 saturated carbocycles. The molecule has 1 aromatic carbocycles. The molecule has 8 nitrogen and oxygen atoms in total. The highest BCUT2D eigenvalue weighted by molar-refractivity contribution is 5.79. The molecule has 0 aliphatic carbocycles. The molecule has 2 bridgehead atoms. The first-order chi connectivity index (χ1) is 15.2. The Morgan fingerprint density at radius 1 is 1.26 bits per heavy atom. The summed E-state index contributed by atoms with van der Waals surface area (Å²) in [5, 5.41) is 11.8. The minimum absolute atomic E-state index is 0.0558. The van der Waals surface area contributed by atoms with Gasteiger partial charge in [-0.2, -0.15) is 0 Å². The van der Waals surface area contributed by atoms with Crippen LogP contribution in [0.4, 0.5) is 5.69 Å². The van der Waals surface area contributed by atoms with Crippen LogP contribution in [0.15, 0.2) is 55.0 Å². The molecule has 3 saturated heterocycles. The molecule has 2 aromatic heterocycles. The van der Waals surface area contributed by atoms with E-state index in [1.807, 2.05) is 47.3 Å². The molecule has 0 radical (unpaired) electrons. The summed E-state index contributed by atoms with van der Waals surface area (Å²) in [4.78, 5) is 19.4. The third kappa shape index (κ3) is 4.29. The second-order valence-electron chi connectivity index (χ2n) is 8.57. The summed E-state index contributed by atoms with van der Waals surface area (Å²) >= 11 is 0. The van der Waals surface area contributed by atoms with Crippen molar-refractivity contribution in [1.82, 2.24) is 30.2 Å². The zero-order chi connectivity index (χ0) is 21.2. The number of benzene rings is 1. The first-order valence-corrected chi connectivity index (χ1v) is 10.8. The number of carbonyl (C=O) groups is 1. The number of nitrogens with zero attached hydrogens (tertiary/aromatic N) is 5. The lowest BCUT2D eigenvalue weighted by atomic mass is 9.75. The number of amides is 1. The van der Waals surface area contributed by atoms with Crippen LogP contribution >= 0.6 is 0 Å². The predicted octanol–water partition coefficient (Wildman–Crippen LogP) is 1.95. The van der Waals surface area contributed by atoms with Crippen molar-refractivity contribution in [3.05, 3.63) is 60.6 Å². The van der Waals surface area contributed by atoms with Gasteiger partial charge in [-0.25, -0.2) is 0 Å². The first kappa shape index (κ1) is 19.7. The van der Waals surface area contributed by atoms with Crippen LogP contribution in [0.25, 0.3) is 11.3 Å². The van der Waals surface area contributed by atoms with Gasteiger partial charge < -0.3 is 11.1 Å². The van der Waals surface area contributed by atoms with Crippen molar-refractivity contribution in [2.24, 2.45) is 11.8 Å². The van der Waals surface area contributed by atoms with E-state index in [-0.39, 0.29) is 11.8 Å². The van der Waals surface area contributed by atoms with E-state index >= 15 is 0 Å². The van der Waals surface area contributed by atoms with Crippen molar-refractivity contribution in [2.75, 3.05) is 18.8 Å². The molecule has 0 spiro atoms. The van der Waals surface area contributed by atoms with E-state index in [2.05, 4.69) is 25.5 Å². The molecule has 3 N–H and O–H groups in total. The molecule has 5 heterocycles. The molecular weight excluding hydrogens is 390 g/mol. The lowest BCUT2D eigenvalue weighted by Crippen LogP contribution is -2.58. The van der Waals surface area contributed by atoms with Crippen molar-refractivity contribution in [3.8, 4) is 11.3 Å². The fraction of sp³-hybridized carbons (Fsp3) is 0.391. The summed E-state index contributed by atoms with van der Waals surface area (Å²) in [6, 6.07) is 12.0. The molecule has 4 atom stereocenters. The molecule has 1 amide bonds. The van der Waals surface area contributed by atoms with Gasteiger partial charge in [-0.05, 0) is 49.1 Å². The van der Waals surface area contributed by atoms with Gasteiger partial charge in [0.05, 0.1) is 18.7 Å². The van der Waals surface area contributed by atoms with E-state index < -0.39 is 0 Å². The van der Waals surface area contributed by atoms with E-state index in [0.717, 1.165) is 55.0 Å². The highest BCUT2D eigenvalue weighted by atomic mass is 16.1. The van der Waals surface area contributed by atoms with Crippen molar-refractivity contribution in [1.29, 1.82) is 0 Å². The Balaban J connectivity index is 1.19. The molecule has 3 aliphatic heterocycles. The van der Waals surface area contributed by atoms with Crippen LogP contribution in [0.1, 0.15) is 18.4 Å². The number of rotatable bonds is 6. The third-order valence-electron chi connectivity index (χ3n) is 6.52. The smallest absolute Gasteiger partial charge is 0.224 e.